The first-order chi connectivity index (χ1) is 18.0. The van der Waals surface area contributed by atoms with Gasteiger partial charge in [0.1, 0.15) is 10.6 Å². The van der Waals surface area contributed by atoms with Crippen LogP contribution < -0.4 is 4.74 Å². The number of thiophene rings is 1. The quantitative estimate of drug-likeness (QED) is 0.256. The van der Waals surface area contributed by atoms with Gasteiger partial charge in [0.25, 0.3) is 5.91 Å². The van der Waals surface area contributed by atoms with Gasteiger partial charge < -0.3 is 14.4 Å². The van der Waals surface area contributed by atoms with Crippen molar-refractivity contribution in [1.82, 2.24) is 9.80 Å². The Morgan fingerprint density at radius 2 is 1.76 bits per heavy atom. The SMILES string of the molecule is COc1cccc([C@@H](CN2CCN(C(=O)c3sc4ccccc4c3Cl)CC2)OCc2ccc(C)cc2)c1. The highest BCUT2D eigenvalue weighted by molar-refractivity contribution is 7.21. The molecule has 0 aliphatic carbocycles. The second-order valence-corrected chi connectivity index (χ2v) is 10.8. The molecule has 0 spiro atoms. The minimum absolute atomic E-state index is 0.0193. The molecule has 4 aromatic rings. The number of amides is 1. The number of piperazine rings is 1. The minimum Gasteiger partial charge on any atom is -0.497 e. The minimum atomic E-state index is -0.115. The molecule has 0 radical (unpaired) electrons. The predicted octanol–water partition coefficient (Wildman–Crippen LogP) is 6.59. The maximum atomic E-state index is 13.3. The number of halogens is 1. The molecular formula is C30H31ClN2O3S. The molecule has 1 saturated heterocycles. The maximum absolute atomic E-state index is 13.3. The summed E-state index contributed by atoms with van der Waals surface area (Å²) in [6, 6.07) is 24.4. The third-order valence-electron chi connectivity index (χ3n) is 6.85. The molecule has 1 amide bonds. The third kappa shape index (κ3) is 5.99. The summed E-state index contributed by atoms with van der Waals surface area (Å²) in [4.78, 5) is 18.2. The fourth-order valence-electron chi connectivity index (χ4n) is 4.64. The van der Waals surface area contributed by atoms with Crippen LogP contribution in [-0.2, 0) is 11.3 Å². The zero-order chi connectivity index (χ0) is 25.8. The van der Waals surface area contributed by atoms with Crippen LogP contribution in [-0.4, -0.2) is 55.5 Å². The summed E-state index contributed by atoms with van der Waals surface area (Å²) in [6.07, 6.45) is -0.115. The van der Waals surface area contributed by atoms with Crippen molar-refractivity contribution < 1.29 is 14.3 Å². The van der Waals surface area contributed by atoms with E-state index in [9.17, 15) is 4.79 Å². The van der Waals surface area contributed by atoms with Crippen LogP contribution in [0.4, 0.5) is 0 Å². The summed E-state index contributed by atoms with van der Waals surface area (Å²) in [5.41, 5.74) is 3.47. The van der Waals surface area contributed by atoms with Gasteiger partial charge in [-0.1, -0.05) is 71.8 Å². The molecule has 7 heteroatoms. The molecule has 0 saturated carbocycles. The lowest BCUT2D eigenvalue weighted by Gasteiger charge is -2.36. The summed E-state index contributed by atoms with van der Waals surface area (Å²) in [7, 11) is 1.68. The van der Waals surface area contributed by atoms with Gasteiger partial charge in [0, 0.05) is 42.8 Å². The number of nitrogens with zero attached hydrogens (tertiary/aromatic N) is 2. The first-order valence-corrected chi connectivity index (χ1v) is 13.7. The van der Waals surface area contributed by atoms with Crippen LogP contribution in [0, 0.1) is 6.92 Å². The molecule has 2 heterocycles. The Labute approximate surface area is 227 Å². The largest absolute Gasteiger partial charge is 0.497 e. The zero-order valence-corrected chi connectivity index (χ0v) is 22.7. The van der Waals surface area contributed by atoms with Crippen LogP contribution in [0.1, 0.15) is 32.5 Å². The van der Waals surface area contributed by atoms with Crippen LogP contribution >= 0.6 is 22.9 Å². The number of hydrogen-bond donors (Lipinski definition) is 0. The van der Waals surface area contributed by atoms with Gasteiger partial charge in [-0.3, -0.25) is 9.69 Å². The maximum Gasteiger partial charge on any atom is 0.265 e. The highest BCUT2D eigenvalue weighted by Gasteiger charge is 2.27. The average molecular weight is 535 g/mol. The van der Waals surface area contributed by atoms with E-state index < -0.39 is 0 Å². The van der Waals surface area contributed by atoms with Crippen LogP contribution in [0.5, 0.6) is 5.75 Å². The van der Waals surface area contributed by atoms with Gasteiger partial charge in [-0.05, 0) is 36.2 Å². The van der Waals surface area contributed by atoms with Crippen molar-refractivity contribution >= 4 is 38.9 Å². The smallest absolute Gasteiger partial charge is 0.265 e. The molecule has 0 unspecified atom stereocenters. The van der Waals surface area contributed by atoms with Gasteiger partial charge >= 0.3 is 0 Å². The topological polar surface area (TPSA) is 42.0 Å². The van der Waals surface area contributed by atoms with Gasteiger partial charge in [0.2, 0.25) is 0 Å². The van der Waals surface area contributed by atoms with Gasteiger partial charge in [-0.25, -0.2) is 0 Å². The first-order valence-electron chi connectivity index (χ1n) is 12.5. The van der Waals surface area contributed by atoms with E-state index in [1.54, 1.807) is 7.11 Å². The molecule has 1 aliphatic rings. The number of carbonyl (C=O) groups is 1. The number of ether oxygens (including phenoxy) is 2. The Bertz CT molecular complexity index is 1360. The van der Waals surface area contributed by atoms with Crippen LogP contribution in [0.2, 0.25) is 5.02 Å². The molecule has 5 nitrogen and oxygen atoms in total. The van der Waals surface area contributed by atoms with Crippen molar-refractivity contribution in [3.05, 3.63) is 99.4 Å². The van der Waals surface area contributed by atoms with Crippen LogP contribution in [0.3, 0.4) is 0 Å². The van der Waals surface area contributed by atoms with E-state index in [0.29, 0.717) is 29.6 Å². The molecule has 1 fully saturated rings. The second-order valence-electron chi connectivity index (χ2n) is 9.40. The lowest BCUT2D eigenvalue weighted by atomic mass is 10.1. The van der Waals surface area contributed by atoms with Gasteiger partial charge in [0.05, 0.1) is 24.8 Å². The normalized spacial score (nSPS) is 15.2. The molecular weight excluding hydrogens is 504 g/mol. The van der Waals surface area contributed by atoms with E-state index in [0.717, 1.165) is 46.6 Å². The lowest BCUT2D eigenvalue weighted by Crippen LogP contribution is -2.49. The summed E-state index contributed by atoms with van der Waals surface area (Å²) in [5, 5.41) is 1.51. The molecule has 1 aromatic heterocycles. The first kappa shape index (κ1) is 25.7. The van der Waals surface area contributed by atoms with Crippen molar-refractivity contribution in [2.45, 2.75) is 19.6 Å². The average Bonchev–Trinajstić information content (AvgIpc) is 3.28. The Hall–Kier alpha value is -2.90. The van der Waals surface area contributed by atoms with Crippen molar-refractivity contribution in [1.29, 1.82) is 0 Å². The van der Waals surface area contributed by atoms with Crippen molar-refractivity contribution in [3.8, 4) is 5.75 Å². The summed E-state index contributed by atoms with van der Waals surface area (Å²) in [5.74, 6) is 0.836. The van der Waals surface area contributed by atoms with Gasteiger partial charge in [0.15, 0.2) is 0 Å². The third-order valence-corrected chi connectivity index (χ3v) is 8.51. The number of rotatable bonds is 8. The van der Waals surface area contributed by atoms with E-state index in [2.05, 4.69) is 42.2 Å². The Kier molecular flexibility index (Phi) is 8.11. The molecule has 192 valence electrons. The summed E-state index contributed by atoms with van der Waals surface area (Å²) >= 11 is 8.06. The number of aryl methyl sites for hydroxylation is 1. The van der Waals surface area contributed by atoms with Crippen LogP contribution in [0.25, 0.3) is 10.1 Å². The Morgan fingerprint density at radius 3 is 2.49 bits per heavy atom. The van der Waals surface area contributed by atoms with Crippen LogP contribution in [0.15, 0.2) is 72.8 Å². The molecule has 37 heavy (non-hydrogen) atoms. The van der Waals surface area contributed by atoms with Crippen molar-refractivity contribution in [2.75, 3.05) is 39.8 Å². The van der Waals surface area contributed by atoms with Gasteiger partial charge in [-0.15, -0.1) is 11.3 Å². The van der Waals surface area contributed by atoms with Gasteiger partial charge in [-0.2, -0.15) is 0 Å². The van der Waals surface area contributed by atoms with Crippen molar-refractivity contribution in [2.24, 2.45) is 0 Å². The van der Waals surface area contributed by atoms with E-state index >= 15 is 0 Å². The fourth-order valence-corrected chi connectivity index (χ4v) is 6.12. The number of benzene rings is 3. The summed E-state index contributed by atoms with van der Waals surface area (Å²) < 4.78 is 13.0. The number of hydrogen-bond acceptors (Lipinski definition) is 5. The van der Waals surface area contributed by atoms with E-state index in [1.165, 1.54) is 16.9 Å². The highest BCUT2D eigenvalue weighted by Crippen LogP contribution is 2.36. The standard InChI is InChI=1S/C30H31ClN2O3S/c1-21-10-12-22(13-11-21)20-36-26(23-6-5-7-24(18-23)35-2)19-32-14-16-33(17-15-32)30(34)29-28(31)25-8-3-4-9-27(25)37-29/h3-13,18,26H,14-17,19-20H2,1-2H3/t26-/m1/s1. The van der Waals surface area contributed by atoms with E-state index in [4.69, 9.17) is 21.1 Å². The fraction of sp³-hybridized carbons (Fsp3) is 0.300. The highest BCUT2D eigenvalue weighted by atomic mass is 35.5. The van der Waals surface area contributed by atoms with E-state index in [-0.39, 0.29) is 12.0 Å². The molecule has 3 aromatic carbocycles. The molecule has 5 rings (SSSR count). The molecule has 1 aliphatic heterocycles. The number of methoxy groups -OCH3 is 1. The monoisotopic (exact) mass is 534 g/mol. The molecule has 0 bridgehead atoms. The molecule has 0 N–H and O–H groups in total. The lowest BCUT2D eigenvalue weighted by molar-refractivity contribution is 0.00339. The predicted molar refractivity (Wildman–Crippen MR) is 151 cm³/mol. The Morgan fingerprint density at radius 1 is 1.00 bits per heavy atom. The summed E-state index contributed by atoms with van der Waals surface area (Å²) in [6.45, 7) is 6.24. The van der Waals surface area contributed by atoms with Crippen molar-refractivity contribution in [3.63, 3.8) is 0 Å². The molecule has 1 atom stereocenters. The zero-order valence-electron chi connectivity index (χ0n) is 21.2. The Balaban J connectivity index is 1.25. The number of fused-ring (bicyclic) bond motifs is 1. The second kappa shape index (κ2) is 11.7. The van der Waals surface area contributed by atoms with E-state index in [1.807, 2.05) is 47.4 Å². The number of carbonyl (C=O) groups excluding carboxylic acids is 1.